The SMILES string of the molecule is CN1C(=O)[C@](NC(=O)OC(C)(C)C)([C@H](/C=C/c2ccccc2)c2ccccc2)c2cccc(F)c21. The number of nitrogens with one attached hydrogen (secondary N) is 1. The van der Waals surface area contributed by atoms with E-state index in [1.165, 1.54) is 18.0 Å². The van der Waals surface area contributed by atoms with Crippen LogP contribution in [0.1, 0.15) is 43.4 Å². The average molecular weight is 473 g/mol. The minimum absolute atomic E-state index is 0.141. The van der Waals surface area contributed by atoms with E-state index in [1.54, 1.807) is 32.9 Å². The van der Waals surface area contributed by atoms with E-state index in [4.69, 9.17) is 4.74 Å². The van der Waals surface area contributed by atoms with Gasteiger partial charge in [-0.1, -0.05) is 84.9 Å². The zero-order valence-corrected chi connectivity index (χ0v) is 20.3. The number of benzene rings is 3. The molecule has 3 aromatic rings. The van der Waals surface area contributed by atoms with E-state index in [-0.39, 0.29) is 5.69 Å². The first kappa shape index (κ1) is 24.2. The fourth-order valence-corrected chi connectivity index (χ4v) is 4.56. The summed E-state index contributed by atoms with van der Waals surface area (Å²) in [5, 5.41) is 2.88. The van der Waals surface area contributed by atoms with Gasteiger partial charge in [0.05, 0.1) is 5.69 Å². The largest absolute Gasteiger partial charge is 0.444 e. The van der Waals surface area contributed by atoms with E-state index >= 15 is 4.39 Å². The second-order valence-corrected chi connectivity index (χ2v) is 9.59. The fourth-order valence-electron chi connectivity index (χ4n) is 4.56. The monoisotopic (exact) mass is 472 g/mol. The summed E-state index contributed by atoms with van der Waals surface area (Å²) in [7, 11) is 1.52. The van der Waals surface area contributed by atoms with Crippen LogP contribution in [0.5, 0.6) is 0 Å². The first-order chi connectivity index (χ1) is 16.6. The summed E-state index contributed by atoms with van der Waals surface area (Å²) >= 11 is 0. The number of nitrogens with zero attached hydrogens (tertiary/aromatic N) is 1. The van der Waals surface area contributed by atoms with Gasteiger partial charge in [0.2, 0.25) is 0 Å². The van der Waals surface area contributed by atoms with Crippen LogP contribution in [0.2, 0.25) is 0 Å². The molecule has 1 heterocycles. The van der Waals surface area contributed by atoms with Crippen molar-refractivity contribution in [2.75, 3.05) is 11.9 Å². The summed E-state index contributed by atoms with van der Waals surface area (Å²) in [5.74, 6) is -1.64. The number of carbonyl (C=O) groups is 2. The second-order valence-electron chi connectivity index (χ2n) is 9.59. The zero-order chi connectivity index (χ0) is 25.2. The van der Waals surface area contributed by atoms with Crippen molar-refractivity contribution in [1.29, 1.82) is 0 Å². The van der Waals surface area contributed by atoms with Crippen molar-refractivity contribution in [3.05, 3.63) is 107 Å². The lowest BCUT2D eigenvalue weighted by Crippen LogP contribution is -2.56. The Morgan fingerprint density at radius 2 is 1.63 bits per heavy atom. The van der Waals surface area contributed by atoms with Gasteiger partial charge in [-0.3, -0.25) is 4.79 Å². The minimum Gasteiger partial charge on any atom is -0.444 e. The Labute approximate surface area is 205 Å². The molecule has 2 amide bonds. The van der Waals surface area contributed by atoms with E-state index in [2.05, 4.69) is 5.32 Å². The van der Waals surface area contributed by atoms with Crippen LogP contribution in [-0.2, 0) is 15.1 Å². The average Bonchev–Trinajstić information content (AvgIpc) is 3.02. The van der Waals surface area contributed by atoms with Gasteiger partial charge in [0.1, 0.15) is 11.4 Å². The number of amides is 2. The molecule has 5 nitrogen and oxygen atoms in total. The van der Waals surface area contributed by atoms with Crippen molar-refractivity contribution in [1.82, 2.24) is 5.32 Å². The van der Waals surface area contributed by atoms with Crippen LogP contribution in [0.3, 0.4) is 0 Å². The third-order valence-corrected chi connectivity index (χ3v) is 5.99. The van der Waals surface area contributed by atoms with Gasteiger partial charge in [0.15, 0.2) is 5.54 Å². The summed E-state index contributed by atoms with van der Waals surface area (Å²) < 4.78 is 20.6. The number of hydrogen-bond donors (Lipinski definition) is 1. The molecule has 0 unspecified atom stereocenters. The van der Waals surface area contributed by atoms with Gasteiger partial charge < -0.3 is 15.0 Å². The molecule has 4 rings (SSSR count). The molecule has 0 saturated carbocycles. The van der Waals surface area contributed by atoms with Gasteiger partial charge in [0.25, 0.3) is 5.91 Å². The Morgan fingerprint density at radius 1 is 1.00 bits per heavy atom. The molecule has 3 aromatic carbocycles. The molecule has 2 atom stereocenters. The zero-order valence-electron chi connectivity index (χ0n) is 20.3. The molecule has 1 aliphatic rings. The Balaban J connectivity index is 1.95. The minimum atomic E-state index is -1.62. The molecule has 0 aliphatic carbocycles. The number of alkyl carbamates (subject to hydrolysis) is 1. The highest BCUT2D eigenvalue weighted by Crippen LogP contribution is 2.49. The maximum atomic E-state index is 15.0. The highest BCUT2D eigenvalue weighted by Gasteiger charge is 2.57. The number of anilines is 1. The van der Waals surface area contributed by atoms with Crippen LogP contribution in [0.25, 0.3) is 6.08 Å². The molecule has 180 valence electrons. The predicted octanol–water partition coefficient (Wildman–Crippen LogP) is 6.02. The molecule has 6 heteroatoms. The van der Waals surface area contributed by atoms with Crippen molar-refractivity contribution < 1.29 is 18.7 Å². The first-order valence-corrected chi connectivity index (χ1v) is 11.5. The highest BCUT2D eigenvalue weighted by atomic mass is 19.1. The Morgan fingerprint density at radius 3 is 2.26 bits per heavy atom. The Bertz CT molecular complexity index is 1250. The van der Waals surface area contributed by atoms with Crippen molar-refractivity contribution in [2.24, 2.45) is 0 Å². The Kier molecular flexibility index (Phi) is 6.48. The molecule has 1 aliphatic heterocycles. The number of ether oxygens (including phenoxy) is 1. The summed E-state index contributed by atoms with van der Waals surface area (Å²) in [6.45, 7) is 5.25. The fraction of sp³-hybridized carbons (Fsp3) is 0.241. The van der Waals surface area contributed by atoms with Gasteiger partial charge in [0, 0.05) is 18.5 Å². The van der Waals surface area contributed by atoms with Gasteiger partial charge in [-0.2, -0.15) is 0 Å². The van der Waals surface area contributed by atoms with Crippen LogP contribution >= 0.6 is 0 Å². The molecule has 0 fully saturated rings. The van der Waals surface area contributed by atoms with E-state index < -0.39 is 34.9 Å². The number of rotatable bonds is 5. The first-order valence-electron chi connectivity index (χ1n) is 11.5. The van der Waals surface area contributed by atoms with Gasteiger partial charge in [-0.05, 0) is 38.0 Å². The maximum Gasteiger partial charge on any atom is 0.408 e. The van der Waals surface area contributed by atoms with Gasteiger partial charge >= 0.3 is 6.09 Å². The lowest BCUT2D eigenvalue weighted by Gasteiger charge is -2.36. The third-order valence-electron chi connectivity index (χ3n) is 5.99. The molecule has 0 spiro atoms. The molecular weight excluding hydrogens is 443 g/mol. The summed E-state index contributed by atoms with van der Waals surface area (Å²) in [5.41, 5.74) is -0.175. The molecule has 0 saturated heterocycles. The van der Waals surface area contributed by atoms with E-state index in [0.717, 1.165) is 11.1 Å². The van der Waals surface area contributed by atoms with Crippen LogP contribution in [0.15, 0.2) is 84.9 Å². The molecule has 0 aromatic heterocycles. The van der Waals surface area contributed by atoms with Crippen molar-refractivity contribution in [2.45, 2.75) is 37.8 Å². The predicted molar refractivity (Wildman–Crippen MR) is 136 cm³/mol. The van der Waals surface area contributed by atoms with E-state index in [1.807, 2.05) is 72.8 Å². The van der Waals surface area contributed by atoms with Crippen molar-refractivity contribution in [3.63, 3.8) is 0 Å². The van der Waals surface area contributed by atoms with Gasteiger partial charge in [-0.15, -0.1) is 0 Å². The second kappa shape index (κ2) is 9.37. The van der Waals surface area contributed by atoms with Crippen LogP contribution in [-0.4, -0.2) is 24.6 Å². The maximum absolute atomic E-state index is 15.0. The van der Waals surface area contributed by atoms with Crippen LogP contribution < -0.4 is 10.2 Å². The van der Waals surface area contributed by atoms with E-state index in [9.17, 15) is 9.59 Å². The van der Waals surface area contributed by atoms with Crippen LogP contribution in [0, 0.1) is 5.82 Å². The number of likely N-dealkylation sites (N-methyl/N-ethyl adjacent to an activating group) is 1. The normalized spacial score (nSPS) is 18.4. The summed E-state index contributed by atoms with van der Waals surface area (Å²) in [4.78, 5) is 28.4. The Hall–Kier alpha value is -3.93. The topological polar surface area (TPSA) is 58.6 Å². The number of fused-ring (bicyclic) bond motifs is 1. The van der Waals surface area contributed by atoms with Crippen molar-refractivity contribution in [3.8, 4) is 0 Å². The molecule has 0 radical (unpaired) electrons. The smallest absolute Gasteiger partial charge is 0.408 e. The highest BCUT2D eigenvalue weighted by molar-refractivity contribution is 6.10. The molecule has 0 bridgehead atoms. The number of para-hydroxylation sites is 1. The number of halogens is 1. The molecule has 1 N–H and O–H groups in total. The number of carbonyl (C=O) groups excluding carboxylic acids is 2. The third kappa shape index (κ3) is 4.69. The standard InChI is InChI=1S/C29H29FN2O3/c1-28(2,3)35-27(34)31-29(23-16-11-17-24(30)25(23)32(4)26(29)33)22(21-14-9-6-10-15-21)19-18-20-12-7-5-8-13-20/h5-19,22H,1-4H3,(H,31,34)/b19-18+/t22-,29+/m1/s1. The lowest BCUT2D eigenvalue weighted by atomic mass is 9.74. The van der Waals surface area contributed by atoms with Gasteiger partial charge in [-0.25, -0.2) is 9.18 Å². The molecule has 35 heavy (non-hydrogen) atoms. The number of hydrogen-bond acceptors (Lipinski definition) is 3. The van der Waals surface area contributed by atoms with Crippen molar-refractivity contribution >= 4 is 23.8 Å². The quantitative estimate of drug-likeness (QED) is 0.494. The van der Waals surface area contributed by atoms with Crippen LogP contribution in [0.4, 0.5) is 14.9 Å². The van der Waals surface area contributed by atoms with E-state index in [0.29, 0.717) is 5.56 Å². The molecular formula is C29H29FN2O3. The summed E-state index contributed by atoms with van der Waals surface area (Å²) in [6.07, 6.45) is 3.03. The summed E-state index contributed by atoms with van der Waals surface area (Å²) in [6, 6.07) is 23.6. The lowest BCUT2D eigenvalue weighted by molar-refractivity contribution is -0.124.